The van der Waals surface area contributed by atoms with Gasteiger partial charge in [-0.2, -0.15) is 0 Å². The molecule has 0 radical (unpaired) electrons. The van der Waals surface area contributed by atoms with Gasteiger partial charge in [0.1, 0.15) is 50.1 Å². The first-order valence-electron chi connectivity index (χ1n) is 10.1. The van der Waals surface area contributed by atoms with Crippen LogP contribution in [-0.4, -0.2) is 48.8 Å². The van der Waals surface area contributed by atoms with Crippen LogP contribution in [0.1, 0.15) is 25.0 Å². The van der Waals surface area contributed by atoms with Crippen LogP contribution in [0, 0.1) is 0 Å². The van der Waals surface area contributed by atoms with Crippen molar-refractivity contribution in [1.82, 2.24) is 0 Å². The molecule has 6 nitrogen and oxygen atoms in total. The molecular formula is C25H32O6. The Hall–Kier alpha value is -2.96. The summed E-state index contributed by atoms with van der Waals surface area (Å²) in [6.45, 7) is 11.8. The Labute approximate surface area is 184 Å². The SMILES string of the molecule is C=COCC(O)COc1ccc(C(C)(C)c2ccc(OCC(O)COC=C)cc2)cc1. The Bertz CT molecular complexity index is 730. The van der Waals surface area contributed by atoms with Crippen molar-refractivity contribution in [2.45, 2.75) is 31.5 Å². The Kier molecular flexibility index (Phi) is 9.43. The fourth-order valence-electron chi connectivity index (χ4n) is 2.94. The zero-order valence-electron chi connectivity index (χ0n) is 18.2. The third kappa shape index (κ3) is 7.66. The maximum Gasteiger partial charge on any atom is 0.122 e. The van der Waals surface area contributed by atoms with E-state index in [1.165, 1.54) is 12.5 Å². The average Bonchev–Trinajstić information content (AvgIpc) is 2.79. The molecule has 2 aromatic carbocycles. The van der Waals surface area contributed by atoms with E-state index in [9.17, 15) is 10.2 Å². The monoisotopic (exact) mass is 428 g/mol. The standard InChI is InChI=1S/C25H32O6/c1-5-28-15-21(26)17-30-23-11-7-19(8-12-23)25(3,4)20-9-13-24(14-10-20)31-18-22(27)16-29-6-2/h5-14,21-22,26-27H,1-2,15-18H2,3-4H3. The maximum atomic E-state index is 9.77. The lowest BCUT2D eigenvalue weighted by atomic mass is 9.78. The van der Waals surface area contributed by atoms with Crippen molar-refractivity contribution in [3.63, 3.8) is 0 Å². The first-order chi connectivity index (χ1) is 14.9. The van der Waals surface area contributed by atoms with E-state index in [1.807, 2.05) is 48.5 Å². The molecule has 2 unspecified atom stereocenters. The second-order valence-corrected chi connectivity index (χ2v) is 7.60. The van der Waals surface area contributed by atoms with Crippen molar-refractivity contribution < 1.29 is 29.2 Å². The summed E-state index contributed by atoms with van der Waals surface area (Å²) >= 11 is 0. The molecule has 31 heavy (non-hydrogen) atoms. The van der Waals surface area contributed by atoms with Gasteiger partial charge < -0.3 is 29.2 Å². The maximum absolute atomic E-state index is 9.77. The minimum atomic E-state index is -0.717. The molecule has 0 spiro atoms. The minimum Gasteiger partial charge on any atom is -0.499 e. The van der Waals surface area contributed by atoms with Crippen LogP contribution in [0.25, 0.3) is 0 Å². The van der Waals surface area contributed by atoms with Gasteiger partial charge >= 0.3 is 0 Å². The van der Waals surface area contributed by atoms with Gasteiger partial charge in [0.05, 0.1) is 12.5 Å². The molecule has 0 bridgehead atoms. The molecule has 0 aliphatic carbocycles. The van der Waals surface area contributed by atoms with Crippen LogP contribution in [0.3, 0.4) is 0 Å². The Morgan fingerprint density at radius 1 is 0.710 bits per heavy atom. The second kappa shape index (κ2) is 12.0. The highest BCUT2D eigenvalue weighted by Crippen LogP contribution is 2.33. The number of aliphatic hydroxyl groups is 2. The Morgan fingerprint density at radius 2 is 1.06 bits per heavy atom. The van der Waals surface area contributed by atoms with E-state index >= 15 is 0 Å². The summed E-state index contributed by atoms with van der Waals surface area (Å²) in [6, 6.07) is 15.6. The van der Waals surface area contributed by atoms with Crippen molar-refractivity contribution in [1.29, 1.82) is 0 Å². The molecule has 2 aromatic rings. The van der Waals surface area contributed by atoms with Crippen LogP contribution in [0.2, 0.25) is 0 Å². The van der Waals surface area contributed by atoms with E-state index in [1.54, 1.807) is 0 Å². The molecule has 0 fully saturated rings. The fraction of sp³-hybridized carbons (Fsp3) is 0.360. The third-order valence-electron chi connectivity index (χ3n) is 4.85. The van der Waals surface area contributed by atoms with Crippen LogP contribution in [0.5, 0.6) is 11.5 Å². The van der Waals surface area contributed by atoms with Gasteiger partial charge in [-0.05, 0) is 35.4 Å². The lowest BCUT2D eigenvalue weighted by Gasteiger charge is -2.26. The largest absolute Gasteiger partial charge is 0.499 e. The number of benzene rings is 2. The molecular weight excluding hydrogens is 396 g/mol. The summed E-state index contributed by atoms with van der Waals surface area (Å²) in [5, 5.41) is 19.5. The number of hydrogen-bond donors (Lipinski definition) is 2. The lowest BCUT2D eigenvalue weighted by Crippen LogP contribution is -2.23. The van der Waals surface area contributed by atoms with Gasteiger partial charge in [0.15, 0.2) is 0 Å². The highest BCUT2D eigenvalue weighted by Gasteiger charge is 2.23. The third-order valence-corrected chi connectivity index (χ3v) is 4.85. The molecule has 0 aliphatic rings. The van der Waals surface area contributed by atoms with Crippen LogP contribution in [0.4, 0.5) is 0 Å². The zero-order chi connectivity index (χ0) is 22.7. The summed E-state index contributed by atoms with van der Waals surface area (Å²) in [4.78, 5) is 0. The van der Waals surface area contributed by atoms with E-state index in [0.29, 0.717) is 11.5 Å². The lowest BCUT2D eigenvalue weighted by molar-refractivity contribution is 0.0467. The minimum absolute atomic E-state index is 0.145. The molecule has 168 valence electrons. The van der Waals surface area contributed by atoms with E-state index in [-0.39, 0.29) is 31.8 Å². The first kappa shape index (κ1) is 24.3. The van der Waals surface area contributed by atoms with Gasteiger partial charge in [-0.15, -0.1) is 0 Å². The van der Waals surface area contributed by atoms with Crippen LogP contribution < -0.4 is 9.47 Å². The predicted octanol–water partition coefficient (Wildman–Crippen LogP) is 3.81. The summed E-state index contributed by atoms with van der Waals surface area (Å²) in [6.07, 6.45) is 1.15. The Balaban J connectivity index is 1.94. The van der Waals surface area contributed by atoms with Gasteiger partial charge in [-0.25, -0.2) is 0 Å². The van der Waals surface area contributed by atoms with Crippen LogP contribution in [0.15, 0.2) is 74.2 Å². The molecule has 0 amide bonds. The summed E-state index contributed by atoms with van der Waals surface area (Å²) < 4.78 is 21.1. The second-order valence-electron chi connectivity index (χ2n) is 7.60. The predicted molar refractivity (Wildman–Crippen MR) is 120 cm³/mol. The highest BCUT2D eigenvalue weighted by atomic mass is 16.5. The quantitative estimate of drug-likeness (QED) is 0.446. The molecule has 0 saturated carbocycles. The van der Waals surface area contributed by atoms with E-state index < -0.39 is 12.2 Å². The summed E-state index contributed by atoms with van der Waals surface area (Å²) in [5.41, 5.74) is 2.02. The first-order valence-corrected chi connectivity index (χ1v) is 10.1. The zero-order valence-corrected chi connectivity index (χ0v) is 18.2. The average molecular weight is 429 g/mol. The van der Waals surface area contributed by atoms with Crippen molar-refractivity contribution >= 4 is 0 Å². The van der Waals surface area contributed by atoms with Gasteiger partial charge in [0.2, 0.25) is 0 Å². The van der Waals surface area contributed by atoms with Crippen LogP contribution in [-0.2, 0) is 14.9 Å². The number of rotatable bonds is 14. The van der Waals surface area contributed by atoms with Crippen LogP contribution >= 0.6 is 0 Å². The number of ether oxygens (including phenoxy) is 4. The Morgan fingerprint density at radius 3 is 1.39 bits per heavy atom. The molecule has 0 aliphatic heterocycles. The molecule has 2 N–H and O–H groups in total. The molecule has 0 heterocycles. The van der Waals surface area contributed by atoms with E-state index in [4.69, 9.17) is 18.9 Å². The van der Waals surface area contributed by atoms with E-state index in [2.05, 4.69) is 27.0 Å². The van der Waals surface area contributed by atoms with Gasteiger partial charge in [-0.1, -0.05) is 51.3 Å². The van der Waals surface area contributed by atoms with Gasteiger partial charge in [0, 0.05) is 5.41 Å². The molecule has 2 atom stereocenters. The number of hydrogen-bond acceptors (Lipinski definition) is 6. The topological polar surface area (TPSA) is 77.4 Å². The summed E-state index contributed by atoms with van der Waals surface area (Å²) in [5.74, 6) is 1.36. The van der Waals surface area contributed by atoms with Crippen molar-refractivity contribution in [2.75, 3.05) is 26.4 Å². The smallest absolute Gasteiger partial charge is 0.122 e. The molecule has 0 saturated heterocycles. The molecule has 0 aromatic heterocycles. The molecule has 6 heteroatoms. The van der Waals surface area contributed by atoms with Gasteiger partial charge in [0.25, 0.3) is 0 Å². The van der Waals surface area contributed by atoms with E-state index in [0.717, 1.165) is 11.1 Å². The van der Waals surface area contributed by atoms with Crippen molar-refractivity contribution in [3.8, 4) is 11.5 Å². The normalized spacial score (nSPS) is 13.0. The van der Waals surface area contributed by atoms with Crippen molar-refractivity contribution in [2.24, 2.45) is 0 Å². The summed E-state index contributed by atoms with van der Waals surface area (Å²) in [7, 11) is 0. The van der Waals surface area contributed by atoms with Gasteiger partial charge in [-0.3, -0.25) is 0 Å². The highest BCUT2D eigenvalue weighted by molar-refractivity contribution is 5.41. The number of aliphatic hydroxyl groups excluding tert-OH is 2. The van der Waals surface area contributed by atoms with Crippen molar-refractivity contribution in [3.05, 3.63) is 85.3 Å². The molecule has 2 rings (SSSR count). The fourth-order valence-corrected chi connectivity index (χ4v) is 2.94.